The Bertz CT molecular complexity index is 601. The summed E-state index contributed by atoms with van der Waals surface area (Å²) in [6.07, 6.45) is 1.43. The average Bonchev–Trinajstić information content (AvgIpc) is 2.47. The Balaban J connectivity index is 2.28. The molecule has 0 aliphatic carbocycles. The second kappa shape index (κ2) is 5.78. The van der Waals surface area contributed by atoms with Crippen molar-refractivity contribution in [2.45, 2.75) is 6.61 Å². The van der Waals surface area contributed by atoms with Crippen LogP contribution >= 0.6 is 0 Å². The summed E-state index contributed by atoms with van der Waals surface area (Å²) >= 11 is 0. The fourth-order valence-electron chi connectivity index (χ4n) is 1.42. The molecule has 0 aliphatic rings. The topological polar surface area (TPSA) is 114 Å². The van der Waals surface area contributed by atoms with Crippen molar-refractivity contribution in [2.24, 2.45) is 10.9 Å². The van der Waals surface area contributed by atoms with E-state index in [0.717, 1.165) is 0 Å². The van der Waals surface area contributed by atoms with Crippen molar-refractivity contribution in [2.75, 3.05) is 0 Å². The molecule has 0 amide bonds. The summed E-state index contributed by atoms with van der Waals surface area (Å²) in [5.74, 6) is 0.310. The fraction of sp³-hybridized carbons (Fsp3) is 0.0833. The number of hydrogen-bond donors (Lipinski definition) is 3. The molecule has 1 heterocycles. The van der Waals surface area contributed by atoms with Crippen LogP contribution in [0.15, 0.2) is 41.7 Å². The van der Waals surface area contributed by atoms with Gasteiger partial charge < -0.3 is 20.8 Å². The maximum Gasteiger partial charge on any atom is 0.322 e. The van der Waals surface area contributed by atoms with Crippen molar-refractivity contribution in [3.8, 4) is 11.8 Å². The third-order valence-corrected chi connectivity index (χ3v) is 2.35. The number of nitrogens with zero attached hydrogens (tertiary/aromatic N) is 3. The number of aromatic nitrogens is 2. The van der Waals surface area contributed by atoms with Crippen LogP contribution in [0.4, 0.5) is 0 Å². The van der Waals surface area contributed by atoms with Crippen molar-refractivity contribution >= 4 is 5.84 Å². The number of aliphatic hydroxyl groups excluding tert-OH is 1. The van der Waals surface area contributed by atoms with Crippen molar-refractivity contribution in [1.82, 2.24) is 9.97 Å². The van der Waals surface area contributed by atoms with Gasteiger partial charge in [-0.3, -0.25) is 0 Å². The van der Waals surface area contributed by atoms with Gasteiger partial charge in [0, 0.05) is 11.8 Å². The lowest BCUT2D eigenvalue weighted by Gasteiger charge is -2.08. The average molecular weight is 260 g/mol. The standard InChI is InChI=1S/C12H12N4O3/c13-11(16-18)9-5-6-14-12(15-9)19-10-4-2-1-3-8(10)7-17/h1-6,17-18H,7H2,(H2,13,16). The molecule has 7 heteroatoms. The zero-order chi connectivity index (χ0) is 13.7. The maximum absolute atomic E-state index is 9.18. The minimum atomic E-state index is -0.157. The molecule has 4 N–H and O–H groups in total. The lowest BCUT2D eigenvalue weighted by atomic mass is 10.2. The molecule has 0 spiro atoms. The highest BCUT2D eigenvalue weighted by Crippen LogP contribution is 2.22. The molecule has 0 saturated heterocycles. The lowest BCUT2D eigenvalue weighted by molar-refractivity contribution is 0.275. The van der Waals surface area contributed by atoms with E-state index in [2.05, 4.69) is 15.1 Å². The molecule has 1 aromatic heterocycles. The van der Waals surface area contributed by atoms with Gasteiger partial charge in [0.15, 0.2) is 5.84 Å². The van der Waals surface area contributed by atoms with E-state index < -0.39 is 0 Å². The van der Waals surface area contributed by atoms with Crippen molar-refractivity contribution < 1.29 is 15.1 Å². The SMILES string of the molecule is N/C(=N/O)c1ccnc(Oc2ccccc2CO)n1. The van der Waals surface area contributed by atoms with E-state index in [0.29, 0.717) is 11.3 Å². The smallest absolute Gasteiger partial charge is 0.322 e. The number of para-hydroxylation sites is 1. The molecule has 19 heavy (non-hydrogen) atoms. The molecular formula is C12H12N4O3. The summed E-state index contributed by atoms with van der Waals surface area (Å²) < 4.78 is 5.46. The van der Waals surface area contributed by atoms with Gasteiger partial charge in [0.1, 0.15) is 11.4 Å². The zero-order valence-corrected chi connectivity index (χ0v) is 9.89. The summed E-state index contributed by atoms with van der Waals surface area (Å²) in [7, 11) is 0. The Hall–Kier alpha value is -2.67. The minimum Gasteiger partial charge on any atom is -0.424 e. The van der Waals surface area contributed by atoms with Gasteiger partial charge in [-0.2, -0.15) is 4.98 Å². The van der Waals surface area contributed by atoms with Crippen LogP contribution in [0, 0.1) is 0 Å². The van der Waals surface area contributed by atoms with Gasteiger partial charge in [-0.05, 0) is 12.1 Å². The molecule has 7 nitrogen and oxygen atoms in total. The fourth-order valence-corrected chi connectivity index (χ4v) is 1.42. The largest absolute Gasteiger partial charge is 0.424 e. The zero-order valence-electron chi connectivity index (χ0n) is 9.89. The summed E-state index contributed by atoms with van der Waals surface area (Å²) in [6.45, 7) is -0.157. The number of rotatable bonds is 4. The van der Waals surface area contributed by atoms with Crippen LogP contribution in [0.25, 0.3) is 0 Å². The normalized spacial score (nSPS) is 11.3. The van der Waals surface area contributed by atoms with Gasteiger partial charge in [0.05, 0.1) is 6.61 Å². The third kappa shape index (κ3) is 2.96. The van der Waals surface area contributed by atoms with Crippen molar-refractivity contribution in [1.29, 1.82) is 0 Å². The third-order valence-electron chi connectivity index (χ3n) is 2.35. The lowest BCUT2D eigenvalue weighted by Crippen LogP contribution is -2.15. The molecule has 0 aliphatic heterocycles. The highest BCUT2D eigenvalue weighted by molar-refractivity contribution is 5.95. The molecular weight excluding hydrogens is 248 g/mol. The first kappa shape index (κ1) is 12.8. The van der Waals surface area contributed by atoms with Gasteiger partial charge in [0.25, 0.3) is 0 Å². The van der Waals surface area contributed by atoms with E-state index >= 15 is 0 Å². The van der Waals surface area contributed by atoms with Gasteiger partial charge >= 0.3 is 6.01 Å². The molecule has 0 radical (unpaired) electrons. The van der Waals surface area contributed by atoms with E-state index in [1.54, 1.807) is 24.3 Å². The van der Waals surface area contributed by atoms with Gasteiger partial charge in [-0.15, -0.1) is 0 Å². The number of oxime groups is 1. The summed E-state index contributed by atoms with van der Waals surface area (Å²) in [6, 6.07) is 8.49. The number of benzene rings is 1. The predicted octanol–water partition coefficient (Wildman–Crippen LogP) is 0.856. The Morgan fingerprint density at radius 2 is 2.11 bits per heavy atom. The van der Waals surface area contributed by atoms with E-state index in [1.165, 1.54) is 12.3 Å². The molecule has 1 aromatic carbocycles. The molecule has 0 unspecified atom stereocenters. The summed E-state index contributed by atoms with van der Waals surface area (Å²) in [5, 5.41) is 20.6. The minimum absolute atomic E-state index is 0.0463. The Morgan fingerprint density at radius 1 is 1.32 bits per heavy atom. The van der Waals surface area contributed by atoms with Crippen molar-refractivity contribution in [3.05, 3.63) is 47.8 Å². The monoisotopic (exact) mass is 260 g/mol. The predicted molar refractivity (Wildman–Crippen MR) is 67.0 cm³/mol. The molecule has 0 bridgehead atoms. The van der Waals surface area contributed by atoms with Crippen LogP contribution in [0.2, 0.25) is 0 Å². The number of aliphatic hydroxyl groups is 1. The molecule has 0 saturated carbocycles. The summed E-state index contributed by atoms with van der Waals surface area (Å²) in [4.78, 5) is 7.90. The first-order chi connectivity index (χ1) is 9.24. The Morgan fingerprint density at radius 3 is 2.84 bits per heavy atom. The molecule has 2 rings (SSSR count). The van der Waals surface area contributed by atoms with Crippen LogP contribution in [-0.4, -0.2) is 26.1 Å². The quantitative estimate of drug-likeness (QED) is 0.325. The van der Waals surface area contributed by atoms with Gasteiger partial charge in [-0.1, -0.05) is 23.4 Å². The van der Waals surface area contributed by atoms with Crippen LogP contribution in [0.5, 0.6) is 11.8 Å². The Labute approximate surface area is 109 Å². The van der Waals surface area contributed by atoms with Crippen LogP contribution in [-0.2, 0) is 6.61 Å². The number of hydrogen-bond acceptors (Lipinski definition) is 6. The van der Waals surface area contributed by atoms with Crippen LogP contribution < -0.4 is 10.5 Å². The molecule has 0 fully saturated rings. The van der Waals surface area contributed by atoms with Gasteiger partial charge in [-0.25, -0.2) is 4.98 Å². The molecule has 0 atom stereocenters. The van der Waals surface area contributed by atoms with E-state index in [4.69, 9.17) is 15.7 Å². The van der Waals surface area contributed by atoms with Crippen molar-refractivity contribution in [3.63, 3.8) is 0 Å². The van der Waals surface area contributed by atoms with E-state index in [1.807, 2.05) is 0 Å². The van der Waals surface area contributed by atoms with Gasteiger partial charge in [0.2, 0.25) is 0 Å². The first-order valence-corrected chi connectivity index (χ1v) is 5.42. The highest BCUT2D eigenvalue weighted by Gasteiger charge is 2.08. The first-order valence-electron chi connectivity index (χ1n) is 5.42. The Kier molecular flexibility index (Phi) is 3.89. The summed E-state index contributed by atoms with van der Waals surface area (Å²) in [5.41, 5.74) is 6.28. The highest BCUT2D eigenvalue weighted by atomic mass is 16.5. The van der Waals surface area contributed by atoms with Crippen LogP contribution in [0.3, 0.4) is 0 Å². The number of ether oxygens (including phenoxy) is 1. The second-order valence-electron chi connectivity index (χ2n) is 3.58. The maximum atomic E-state index is 9.18. The number of nitrogens with two attached hydrogens (primary N) is 1. The number of amidine groups is 1. The van der Waals surface area contributed by atoms with Crippen LogP contribution in [0.1, 0.15) is 11.3 Å². The van der Waals surface area contributed by atoms with E-state index in [9.17, 15) is 5.11 Å². The molecule has 2 aromatic rings. The molecule has 98 valence electrons. The van der Waals surface area contributed by atoms with E-state index in [-0.39, 0.29) is 24.1 Å². The second-order valence-corrected chi connectivity index (χ2v) is 3.58.